The number of hydrogen-bond donors (Lipinski definition) is 2. The van der Waals surface area contributed by atoms with E-state index >= 15 is 0 Å². The molecule has 0 saturated carbocycles. The van der Waals surface area contributed by atoms with E-state index in [2.05, 4.69) is 27.8 Å². The van der Waals surface area contributed by atoms with Gasteiger partial charge in [-0.2, -0.15) is 0 Å². The van der Waals surface area contributed by atoms with E-state index < -0.39 is 10.0 Å². The Labute approximate surface area is 173 Å². The van der Waals surface area contributed by atoms with Gasteiger partial charge in [0.25, 0.3) is 0 Å². The molecule has 2 aromatic rings. The van der Waals surface area contributed by atoms with Crippen molar-refractivity contribution in [2.45, 2.75) is 56.1 Å². The van der Waals surface area contributed by atoms with E-state index in [0.29, 0.717) is 30.2 Å². The van der Waals surface area contributed by atoms with Gasteiger partial charge in [-0.15, -0.1) is 0 Å². The summed E-state index contributed by atoms with van der Waals surface area (Å²) in [6.45, 7) is 0.740. The first-order valence-corrected chi connectivity index (χ1v) is 12.3. The molecule has 2 bridgehead atoms. The van der Waals surface area contributed by atoms with Crippen molar-refractivity contribution in [3.05, 3.63) is 65.7 Å². The molecule has 2 heterocycles. The van der Waals surface area contributed by atoms with Crippen LogP contribution in [0.25, 0.3) is 0 Å². The topological polar surface area (TPSA) is 69.6 Å². The minimum atomic E-state index is -3.27. The SMILES string of the molecule is CS(=O)(=O)NC(Cc1ccccc1)CN1[C@@H]2CC[C@@H]1CC(c1cccc(O)c1)C2. The van der Waals surface area contributed by atoms with E-state index in [1.807, 2.05) is 30.3 Å². The molecule has 2 saturated heterocycles. The molecule has 2 N–H and O–H groups in total. The maximum Gasteiger partial charge on any atom is 0.209 e. The second-order valence-corrected chi connectivity index (χ2v) is 10.4. The Kier molecular flexibility index (Phi) is 5.95. The number of phenolic OH excluding ortho intramolecular Hbond substituents is 1. The number of hydrogen-bond acceptors (Lipinski definition) is 4. The highest BCUT2D eigenvalue weighted by atomic mass is 32.2. The number of phenols is 1. The van der Waals surface area contributed by atoms with Crippen LogP contribution in [-0.2, 0) is 16.4 Å². The molecule has 3 atom stereocenters. The highest BCUT2D eigenvalue weighted by Crippen LogP contribution is 2.43. The van der Waals surface area contributed by atoms with E-state index in [9.17, 15) is 13.5 Å². The Bertz CT molecular complexity index is 918. The lowest BCUT2D eigenvalue weighted by atomic mass is 9.84. The van der Waals surface area contributed by atoms with E-state index in [0.717, 1.165) is 37.8 Å². The summed E-state index contributed by atoms with van der Waals surface area (Å²) >= 11 is 0. The van der Waals surface area contributed by atoms with Gasteiger partial charge in [0.05, 0.1) is 6.26 Å². The molecule has 5 nitrogen and oxygen atoms in total. The Balaban J connectivity index is 1.47. The normalized spacial score (nSPS) is 25.8. The molecular weight excluding hydrogens is 384 g/mol. The first kappa shape index (κ1) is 20.4. The Morgan fingerprint density at radius 1 is 1.07 bits per heavy atom. The molecule has 29 heavy (non-hydrogen) atoms. The number of fused-ring (bicyclic) bond motifs is 2. The standard InChI is InChI=1S/C23H30N2O3S/c1-29(27,28)24-20(12-17-6-3-2-4-7-17)16-25-21-10-11-22(25)14-19(13-21)18-8-5-9-23(26)15-18/h2-9,15,19-22,24,26H,10-14,16H2,1H3/t20?,21-,22-/m1/s1. The second kappa shape index (κ2) is 8.46. The fourth-order valence-electron chi connectivity index (χ4n) is 5.22. The maximum absolute atomic E-state index is 12.0. The molecule has 2 aromatic carbocycles. The number of rotatable bonds is 7. The van der Waals surface area contributed by atoms with Gasteiger partial charge < -0.3 is 5.11 Å². The number of benzene rings is 2. The maximum atomic E-state index is 12.0. The van der Waals surface area contributed by atoms with Crippen LogP contribution in [0.2, 0.25) is 0 Å². The summed E-state index contributed by atoms with van der Waals surface area (Å²) in [5, 5.41) is 9.83. The lowest BCUT2D eigenvalue weighted by Crippen LogP contribution is -2.51. The van der Waals surface area contributed by atoms with Crippen molar-refractivity contribution in [3.63, 3.8) is 0 Å². The minimum Gasteiger partial charge on any atom is -0.508 e. The molecule has 2 fully saturated rings. The number of nitrogens with zero attached hydrogens (tertiary/aromatic N) is 1. The summed E-state index contributed by atoms with van der Waals surface area (Å²) in [4.78, 5) is 2.53. The van der Waals surface area contributed by atoms with Crippen molar-refractivity contribution in [1.82, 2.24) is 9.62 Å². The van der Waals surface area contributed by atoms with Gasteiger partial charge in [0.1, 0.15) is 5.75 Å². The van der Waals surface area contributed by atoms with Crippen LogP contribution in [0.3, 0.4) is 0 Å². The van der Waals surface area contributed by atoms with E-state index in [4.69, 9.17) is 0 Å². The third-order valence-electron chi connectivity index (χ3n) is 6.36. The highest BCUT2D eigenvalue weighted by molar-refractivity contribution is 7.88. The summed E-state index contributed by atoms with van der Waals surface area (Å²) < 4.78 is 26.8. The van der Waals surface area contributed by atoms with E-state index in [1.54, 1.807) is 6.07 Å². The minimum absolute atomic E-state index is 0.132. The lowest BCUT2D eigenvalue weighted by molar-refractivity contribution is 0.116. The lowest BCUT2D eigenvalue weighted by Gasteiger charge is -2.41. The zero-order valence-electron chi connectivity index (χ0n) is 16.9. The van der Waals surface area contributed by atoms with Gasteiger partial charge >= 0.3 is 0 Å². The van der Waals surface area contributed by atoms with Crippen LogP contribution in [0.4, 0.5) is 0 Å². The van der Waals surface area contributed by atoms with Crippen LogP contribution < -0.4 is 4.72 Å². The van der Waals surface area contributed by atoms with Gasteiger partial charge in [0, 0.05) is 24.7 Å². The van der Waals surface area contributed by atoms with Gasteiger partial charge in [-0.3, -0.25) is 4.90 Å². The predicted octanol–water partition coefficient (Wildman–Crippen LogP) is 3.26. The number of nitrogens with one attached hydrogen (secondary N) is 1. The quantitative estimate of drug-likeness (QED) is 0.730. The molecule has 4 rings (SSSR count). The van der Waals surface area contributed by atoms with Crippen molar-refractivity contribution >= 4 is 10.0 Å². The van der Waals surface area contributed by atoms with Gasteiger partial charge in [-0.05, 0) is 61.3 Å². The molecule has 1 unspecified atom stereocenters. The molecule has 2 aliphatic heterocycles. The third-order valence-corrected chi connectivity index (χ3v) is 7.12. The largest absolute Gasteiger partial charge is 0.508 e. The Morgan fingerprint density at radius 2 is 1.76 bits per heavy atom. The number of aromatic hydroxyl groups is 1. The Hall–Kier alpha value is -1.89. The monoisotopic (exact) mass is 414 g/mol. The average molecular weight is 415 g/mol. The van der Waals surface area contributed by atoms with Crippen molar-refractivity contribution in [2.24, 2.45) is 0 Å². The van der Waals surface area contributed by atoms with Crippen molar-refractivity contribution < 1.29 is 13.5 Å². The van der Waals surface area contributed by atoms with Crippen molar-refractivity contribution in [2.75, 3.05) is 12.8 Å². The van der Waals surface area contributed by atoms with Crippen molar-refractivity contribution in [1.29, 1.82) is 0 Å². The van der Waals surface area contributed by atoms with Crippen molar-refractivity contribution in [3.8, 4) is 5.75 Å². The molecule has 0 amide bonds. The van der Waals surface area contributed by atoms with E-state index in [-0.39, 0.29) is 6.04 Å². The summed E-state index contributed by atoms with van der Waals surface area (Å²) in [5.74, 6) is 0.795. The molecule has 0 aliphatic carbocycles. The average Bonchev–Trinajstić information content (AvgIpc) is 2.89. The summed E-state index contributed by atoms with van der Waals surface area (Å²) in [5.41, 5.74) is 2.37. The highest BCUT2D eigenvalue weighted by Gasteiger charge is 2.41. The molecule has 0 radical (unpaired) electrons. The fraction of sp³-hybridized carbons (Fsp3) is 0.478. The van der Waals surface area contributed by atoms with Crippen LogP contribution >= 0.6 is 0 Å². The third kappa shape index (κ3) is 5.18. The van der Waals surface area contributed by atoms with Crippen LogP contribution in [-0.4, -0.2) is 49.4 Å². The summed E-state index contributed by atoms with van der Waals surface area (Å²) in [6, 6.07) is 18.5. The fourth-order valence-corrected chi connectivity index (χ4v) is 5.99. The van der Waals surface area contributed by atoms with E-state index in [1.165, 1.54) is 11.8 Å². The molecular formula is C23H30N2O3S. The number of piperidine rings is 1. The predicted molar refractivity (Wildman–Crippen MR) is 116 cm³/mol. The summed E-state index contributed by atoms with van der Waals surface area (Å²) in [7, 11) is -3.27. The van der Waals surface area contributed by atoms with Crippen LogP contribution in [0.5, 0.6) is 5.75 Å². The smallest absolute Gasteiger partial charge is 0.209 e. The van der Waals surface area contributed by atoms with Gasteiger partial charge in [0.15, 0.2) is 0 Å². The number of sulfonamides is 1. The molecule has 6 heteroatoms. The van der Waals surface area contributed by atoms with Crippen LogP contribution in [0.1, 0.15) is 42.7 Å². The molecule has 0 aromatic heterocycles. The zero-order valence-corrected chi connectivity index (χ0v) is 17.7. The molecule has 156 valence electrons. The Morgan fingerprint density at radius 3 is 2.38 bits per heavy atom. The van der Waals surface area contributed by atoms with Gasteiger partial charge in [-0.25, -0.2) is 13.1 Å². The zero-order chi connectivity index (χ0) is 20.4. The molecule has 0 spiro atoms. The van der Waals surface area contributed by atoms with Gasteiger partial charge in [0.2, 0.25) is 10.0 Å². The first-order valence-electron chi connectivity index (χ1n) is 10.4. The van der Waals surface area contributed by atoms with Gasteiger partial charge in [-0.1, -0.05) is 42.5 Å². The second-order valence-electron chi connectivity index (χ2n) is 8.62. The molecule has 2 aliphatic rings. The summed E-state index contributed by atoms with van der Waals surface area (Å²) in [6.07, 6.45) is 6.40. The first-order chi connectivity index (χ1) is 13.9. The van der Waals surface area contributed by atoms with Crippen LogP contribution in [0, 0.1) is 0 Å². The van der Waals surface area contributed by atoms with Crippen LogP contribution in [0.15, 0.2) is 54.6 Å².